The van der Waals surface area contributed by atoms with Crippen molar-refractivity contribution in [2.24, 2.45) is 0 Å². The summed E-state index contributed by atoms with van der Waals surface area (Å²) in [7, 11) is 0. The van der Waals surface area contributed by atoms with E-state index in [-0.39, 0.29) is 5.60 Å². The molecule has 0 heterocycles. The predicted octanol–water partition coefficient (Wildman–Crippen LogP) is 4.70. The number of hydrogen-bond acceptors (Lipinski definition) is 2. The summed E-state index contributed by atoms with van der Waals surface area (Å²) in [5.74, 6) is 1.28. The lowest BCUT2D eigenvalue weighted by Gasteiger charge is -2.25. The Balaban J connectivity index is 2.66. The summed E-state index contributed by atoms with van der Waals surface area (Å²) in [5.41, 5.74) is 1.06. The number of hydrogen-bond donors (Lipinski definition) is 0. The van der Waals surface area contributed by atoms with Gasteiger partial charge in [0.2, 0.25) is 0 Å². The van der Waals surface area contributed by atoms with Gasteiger partial charge < -0.3 is 4.89 Å². The molecule has 2 heteroatoms. The minimum atomic E-state index is -0.201. The maximum Gasteiger partial charge on any atom is 0.165 e. The van der Waals surface area contributed by atoms with Crippen molar-refractivity contribution in [2.75, 3.05) is 0 Å². The van der Waals surface area contributed by atoms with Crippen LogP contribution in [0.15, 0.2) is 24.3 Å². The van der Waals surface area contributed by atoms with E-state index in [1.54, 1.807) is 0 Å². The molecule has 0 aliphatic heterocycles. The van der Waals surface area contributed by atoms with Crippen LogP contribution in [0.3, 0.4) is 0 Å². The lowest BCUT2D eigenvalue weighted by Crippen LogP contribution is -2.28. The average Bonchev–Trinajstić information content (AvgIpc) is 2.36. The highest BCUT2D eigenvalue weighted by Gasteiger charge is 2.22. The van der Waals surface area contributed by atoms with Crippen LogP contribution < -0.4 is 4.89 Å². The molecule has 1 aromatic carbocycles. The number of rotatable bonds is 6. The first-order valence-corrected chi connectivity index (χ1v) is 6.46. The Morgan fingerprint density at radius 3 is 2.35 bits per heavy atom. The molecule has 0 fully saturated rings. The van der Waals surface area contributed by atoms with Gasteiger partial charge in [0.05, 0.1) is 0 Å². The van der Waals surface area contributed by atoms with E-state index in [0.717, 1.165) is 18.6 Å². The van der Waals surface area contributed by atoms with Crippen molar-refractivity contribution in [1.82, 2.24) is 0 Å². The predicted molar refractivity (Wildman–Crippen MR) is 71.2 cm³/mol. The quantitative estimate of drug-likeness (QED) is 0.526. The Morgan fingerprint density at radius 2 is 1.82 bits per heavy atom. The van der Waals surface area contributed by atoms with Gasteiger partial charge in [-0.05, 0) is 43.4 Å². The molecule has 0 saturated carbocycles. The van der Waals surface area contributed by atoms with E-state index < -0.39 is 0 Å². The van der Waals surface area contributed by atoms with Crippen LogP contribution in [0.1, 0.15) is 58.9 Å². The van der Waals surface area contributed by atoms with Gasteiger partial charge in [0.15, 0.2) is 5.75 Å². The summed E-state index contributed by atoms with van der Waals surface area (Å²) in [6, 6.07) is 8.08. The zero-order valence-electron chi connectivity index (χ0n) is 11.6. The molecule has 0 aliphatic rings. The van der Waals surface area contributed by atoms with Crippen molar-refractivity contribution in [3.63, 3.8) is 0 Å². The molecular formula is C15H24O2. The topological polar surface area (TPSA) is 18.5 Å². The summed E-state index contributed by atoms with van der Waals surface area (Å²) in [4.78, 5) is 11.0. The van der Waals surface area contributed by atoms with Gasteiger partial charge in [-0.25, -0.2) is 0 Å². The molecule has 0 unspecified atom stereocenters. The molecule has 1 rings (SSSR count). The van der Waals surface area contributed by atoms with Crippen LogP contribution in [-0.2, 0) is 4.89 Å². The third-order valence-electron chi connectivity index (χ3n) is 3.36. The highest BCUT2D eigenvalue weighted by molar-refractivity contribution is 5.29. The maximum atomic E-state index is 5.55. The van der Waals surface area contributed by atoms with Gasteiger partial charge in [0.1, 0.15) is 5.60 Å². The monoisotopic (exact) mass is 236 g/mol. The highest BCUT2D eigenvalue weighted by atomic mass is 17.2. The lowest BCUT2D eigenvalue weighted by molar-refractivity contribution is -0.288. The fourth-order valence-electron chi connectivity index (χ4n) is 1.44. The second-order valence-corrected chi connectivity index (χ2v) is 5.05. The molecule has 0 atom stereocenters. The Bertz CT molecular complexity index is 341. The van der Waals surface area contributed by atoms with Crippen LogP contribution >= 0.6 is 0 Å². The zero-order valence-corrected chi connectivity index (χ0v) is 11.6. The molecular weight excluding hydrogens is 212 g/mol. The first kappa shape index (κ1) is 14.0. The van der Waals surface area contributed by atoms with Crippen molar-refractivity contribution in [3.8, 4) is 5.75 Å². The summed E-state index contributed by atoms with van der Waals surface area (Å²) in [6.45, 7) is 10.6. The van der Waals surface area contributed by atoms with Crippen molar-refractivity contribution in [3.05, 3.63) is 29.8 Å². The van der Waals surface area contributed by atoms with Gasteiger partial charge in [-0.3, -0.25) is 0 Å². The van der Waals surface area contributed by atoms with Crippen molar-refractivity contribution in [1.29, 1.82) is 0 Å². The first-order valence-electron chi connectivity index (χ1n) is 6.46. The van der Waals surface area contributed by atoms with Crippen molar-refractivity contribution in [2.45, 2.75) is 59.0 Å². The van der Waals surface area contributed by atoms with E-state index in [4.69, 9.17) is 9.78 Å². The standard InChI is InChI=1S/C15H24O2/c1-6-15(5,7-2)17-16-14-10-8-9-13(11-14)12(3)4/h8-12H,6-7H2,1-5H3. The molecule has 0 aliphatic carbocycles. The van der Waals surface area contributed by atoms with Crippen LogP contribution in [-0.4, -0.2) is 5.60 Å². The molecule has 0 amide bonds. The van der Waals surface area contributed by atoms with Gasteiger partial charge in [-0.15, -0.1) is 0 Å². The minimum absolute atomic E-state index is 0.201. The third-order valence-corrected chi connectivity index (χ3v) is 3.36. The van der Waals surface area contributed by atoms with Crippen LogP contribution in [0.4, 0.5) is 0 Å². The van der Waals surface area contributed by atoms with E-state index in [1.807, 2.05) is 18.2 Å². The third kappa shape index (κ3) is 4.04. The molecule has 0 radical (unpaired) electrons. The molecule has 1 aromatic rings. The number of benzene rings is 1. The van der Waals surface area contributed by atoms with E-state index in [9.17, 15) is 0 Å². The fraction of sp³-hybridized carbons (Fsp3) is 0.600. The first-order chi connectivity index (χ1) is 8.00. The lowest BCUT2D eigenvalue weighted by atomic mass is 10.0. The Hall–Kier alpha value is -1.02. The molecule has 96 valence electrons. The molecule has 0 N–H and O–H groups in total. The molecule has 17 heavy (non-hydrogen) atoms. The van der Waals surface area contributed by atoms with Crippen LogP contribution in [0.5, 0.6) is 5.75 Å². The fourth-order valence-corrected chi connectivity index (χ4v) is 1.44. The molecule has 0 saturated heterocycles. The van der Waals surface area contributed by atoms with Gasteiger partial charge >= 0.3 is 0 Å². The van der Waals surface area contributed by atoms with E-state index >= 15 is 0 Å². The van der Waals surface area contributed by atoms with Gasteiger partial charge in [0, 0.05) is 0 Å². The second-order valence-electron chi connectivity index (χ2n) is 5.05. The van der Waals surface area contributed by atoms with Gasteiger partial charge in [-0.2, -0.15) is 4.89 Å². The van der Waals surface area contributed by atoms with Crippen LogP contribution in [0, 0.1) is 0 Å². The van der Waals surface area contributed by atoms with E-state index in [0.29, 0.717) is 5.92 Å². The largest absolute Gasteiger partial charge is 0.337 e. The SMILES string of the molecule is CCC(C)(CC)OOc1cccc(C(C)C)c1. The Morgan fingerprint density at radius 1 is 1.18 bits per heavy atom. The molecule has 0 spiro atoms. The summed E-state index contributed by atoms with van der Waals surface area (Å²) in [5, 5.41) is 0. The molecule has 0 aromatic heterocycles. The van der Waals surface area contributed by atoms with Gasteiger partial charge in [0.25, 0.3) is 0 Å². The molecule has 2 nitrogen and oxygen atoms in total. The van der Waals surface area contributed by atoms with Crippen molar-refractivity contribution >= 4 is 0 Å². The van der Waals surface area contributed by atoms with Crippen LogP contribution in [0.25, 0.3) is 0 Å². The smallest absolute Gasteiger partial charge is 0.165 e. The minimum Gasteiger partial charge on any atom is -0.337 e. The maximum absolute atomic E-state index is 5.55. The van der Waals surface area contributed by atoms with E-state index in [2.05, 4.69) is 40.7 Å². The average molecular weight is 236 g/mol. The zero-order chi connectivity index (χ0) is 12.9. The molecule has 0 bridgehead atoms. The van der Waals surface area contributed by atoms with Gasteiger partial charge in [-0.1, -0.05) is 39.8 Å². The van der Waals surface area contributed by atoms with Crippen molar-refractivity contribution < 1.29 is 9.78 Å². The Kier molecular flexibility index (Phi) is 5.01. The Labute approximate surface area is 105 Å². The second kappa shape index (κ2) is 6.06. The normalized spacial score (nSPS) is 11.9. The highest BCUT2D eigenvalue weighted by Crippen LogP contribution is 2.24. The summed E-state index contributed by atoms with van der Waals surface area (Å²) < 4.78 is 0. The van der Waals surface area contributed by atoms with Crippen LogP contribution in [0.2, 0.25) is 0 Å². The summed E-state index contributed by atoms with van der Waals surface area (Å²) >= 11 is 0. The van der Waals surface area contributed by atoms with E-state index in [1.165, 1.54) is 5.56 Å². The summed E-state index contributed by atoms with van der Waals surface area (Å²) in [6.07, 6.45) is 1.88.